The highest BCUT2D eigenvalue weighted by molar-refractivity contribution is 5.75. The number of rotatable bonds is 6. The van der Waals surface area contributed by atoms with E-state index in [4.69, 9.17) is 4.74 Å². The summed E-state index contributed by atoms with van der Waals surface area (Å²) in [4.78, 5) is 37.3. The molecule has 0 saturated carbocycles. The lowest BCUT2D eigenvalue weighted by molar-refractivity contribution is -0.140. The van der Waals surface area contributed by atoms with Crippen LogP contribution in [0.4, 0.5) is 33.1 Å². The monoisotopic (exact) mass is 554 g/mol. The van der Waals surface area contributed by atoms with Gasteiger partial charge in [-0.3, -0.25) is 0 Å². The van der Waals surface area contributed by atoms with Gasteiger partial charge in [-0.2, -0.15) is 13.2 Å². The first-order valence-electron chi connectivity index (χ1n) is 12.5. The normalized spacial score (nSPS) is 14.5. The third-order valence-electron chi connectivity index (χ3n) is 5.81. The molecule has 2 heterocycles. The van der Waals surface area contributed by atoms with Crippen molar-refractivity contribution in [2.45, 2.75) is 71.4 Å². The fourth-order valence-electron chi connectivity index (χ4n) is 3.95. The molecule has 2 aromatic rings. The number of amides is 3. The Hall–Kier alpha value is -3.64. The van der Waals surface area contributed by atoms with Crippen molar-refractivity contribution in [3.8, 4) is 0 Å². The second-order valence-electron chi connectivity index (χ2n) is 10.7. The predicted molar refractivity (Wildman–Crippen MR) is 136 cm³/mol. The van der Waals surface area contributed by atoms with Gasteiger partial charge < -0.3 is 25.2 Å². The lowest BCUT2D eigenvalue weighted by Crippen LogP contribution is -2.47. The first-order chi connectivity index (χ1) is 18.0. The van der Waals surface area contributed by atoms with Crippen molar-refractivity contribution in [3.05, 3.63) is 52.6 Å². The van der Waals surface area contributed by atoms with Crippen molar-refractivity contribution >= 4 is 18.1 Å². The summed E-state index contributed by atoms with van der Waals surface area (Å²) in [5.41, 5.74) is -0.587. The minimum absolute atomic E-state index is 0.0624. The van der Waals surface area contributed by atoms with Crippen LogP contribution in [0.5, 0.6) is 0 Å². The molecule has 0 saturated heterocycles. The molecule has 1 unspecified atom stereocenters. The Kier molecular flexibility index (Phi) is 8.91. The molecule has 1 aromatic carbocycles. The summed E-state index contributed by atoms with van der Waals surface area (Å²) in [7, 11) is 1.42. The predicted octanol–water partition coefficient (Wildman–Crippen LogP) is 5.13. The summed E-state index contributed by atoms with van der Waals surface area (Å²) in [5.74, 6) is -1.05. The van der Waals surface area contributed by atoms with Crippen LogP contribution in [-0.2, 0) is 23.9 Å². The largest absolute Gasteiger partial charge is 0.444 e. The maximum Gasteiger partial charge on any atom is 0.419 e. The van der Waals surface area contributed by atoms with Gasteiger partial charge in [0.15, 0.2) is 0 Å². The zero-order valence-corrected chi connectivity index (χ0v) is 22.8. The van der Waals surface area contributed by atoms with Gasteiger partial charge in [0, 0.05) is 32.4 Å². The van der Waals surface area contributed by atoms with Gasteiger partial charge in [-0.25, -0.2) is 23.9 Å². The van der Waals surface area contributed by atoms with Crippen LogP contribution in [0.1, 0.15) is 63.0 Å². The number of carbonyl (C=O) groups is 2. The molecule has 39 heavy (non-hydrogen) atoms. The molecule has 0 bridgehead atoms. The van der Waals surface area contributed by atoms with E-state index >= 15 is 0 Å². The highest BCUT2D eigenvalue weighted by atomic mass is 19.4. The minimum Gasteiger partial charge on any atom is -0.444 e. The maximum atomic E-state index is 14.4. The van der Waals surface area contributed by atoms with Crippen molar-refractivity contribution < 1.29 is 31.9 Å². The van der Waals surface area contributed by atoms with Crippen LogP contribution in [-0.4, -0.2) is 63.7 Å². The molecule has 3 amide bonds. The number of nitrogens with zero attached hydrogens (tertiary/aromatic N) is 4. The van der Waals surface area contributed by atoms with Gasteiger partial charge in [-0.1, -0.05) is 6.07 Å². The second kappa shape index (κ2) is 11.6. The molecular weight excluding hydrogens is 520 g/mol. The fraction of sp³-hybridized carbons (Fsp3) is 0.538. The van der Waals surface area contributed by atoms with E-state index in [9.17, 15) is 27.2 Å². The zero-order chi connectivity index (χ0) is 29.1. The average molecular weight is 555 g/mol. The topological polar surface area (TPSA) is 99.7 Å². The molecule has 9 nitrogen and oxygen atoms in total. The quantitative estimate of drug-likeness (QED) is 0.481. The zero-order valence-electron chi connectivity index (χ0n) is 22.8. The third kappa shape index (κ3) is 8.17. The van der Waals surface area contributed by atoms with Crippen LogP contribution in [0.15, 0.2) is 24.4 Å². The summed E-state index contributed by atoms with van der Waals surface area (Å²) in [5, 5.41) is 5.86. The number of likely N-dealkylation sites (N-methyl/N-ethyl adjacent to an activating group) is 1. The van der Waals surface area contributed by atoms with Crippen LogP contribution in [0.2, 0.25) is 0 Å². The lowest BCUT2D eigenvalue weighted by atomic mass is 10.0. The van der Waals surface area contributed by atoms with Gasteiger partial charge in [0.2, 0.25) is 5.95 Å². The molecule has 0 fully saturated rings. The number of hydrogen-bond acceptors (Lipinski definition) is 6. The Morgan fingerprint density at radius 1 is 1.21 bits per heavy atom. The Morgan fingerprint density at radius 3 is 2.49 bits per heavy atom. The molecule has 0 spiro atoms. The smallest absolute Gasteiger partial charge is 0.419 e. The number of ether oxygens (including phenoxy) is 1. The number of urea groups is 1. The number of halogens is 4. The van der Waals surface area contributed by atoms with E-state index in [0.717, 1.165) is 17.7 Å². The summed E-state index contributed by atoms with van der Waals surface area (Å²) >= 11 is 0. The number of anilines is 1. The molecule has 0 aliphatic carbocycles. The van der Waals surface area contributed by atoms with Crippen molar-refractivity contribution in [2.24, 2.45) is 0 Å². The molecule has 2 N–H and O–H groups in total. The van der Waals surface area contributed by atoms with E-state index in [1.54, 1.807) is 27.0 Å². The van der Waals surface area contributed by atoms with Crippen molar-refractivity contribution in [1.29, 1.82) is 0 Å². The van der Waals surface area contributed by atoms with Crippen molar-refractivity contribution in [2.75, 3.05) is 25.5 Å². The fourth-order valence-corrected chi connectivity index (χ4v) is 3.95. The minimum atomic E-state index is -4.87. The van der Waals surface area contributed by atoms with Crippen LogP contribution in [0, 0.1) is 5.82 Å². The highest BCUT2D eigenvalue weighted by Crippen LogP contribution is 2.33. The van der Waals surface area contributed by atoms with Crippen LogP contribution in [0.25, 0.3) is 0 Å². The maximum absolute atomic E-state index is 14.4. The Labute approximate surface area is 224 Å². The second-order valence-corrected chi connectivity index (χ2v) is 10.7. The van der Waals surface area contributed by atoms with Gasteiger partial charge in [0.25, 0.3) is 0 Å². The molecule has 1 aromatic heterocycles. The number of benzene rings is 1. The molecule has 214 valence electrons. The van der Waals surface area contributed by atoms with Gasteiger partial charge in [-0.15, -0.1) is 0 Å². The number of fused-ring (bicyclic) bond motifs is 1. The van der Waals surface area contributed by atoms with Crippen molar-refractivity contribution in [1.82, 2.24) is 25.1 Å². The summed E-state index contributed by atoms with van der Waals surface area (Å²) in [6.45, 7) is 9.28. The van der Waals surface area contributed by atoms with E-state index in [-0.39, 0.29) is 24.7 Å². The van der Waals surface area contributed by atoms with E-state index in [1.165, 1.54) is 16.8 Å². The van der Waals surface area contributed by atoms with Crippen LogP contribution in [0.3, 0.4) is 0 Å². The molecule has 1 aliphatic rings. The summed E-state index contributed by atoms with van der Waals surface area (Å²) < 4.78 is 59.2. The molecule has 0 radical (unpaired) electrons. The first kappa shape index (κ1) is 29.9. The first-order valence-corrected chi connectivity index (χ1v) is 12.5. The van der Waals surface area contributed by atoms with Crippen molar-refractivity contribution in [3.63, 3.8) is 0 Å². The molecular formula is C26H34F4N6O3. The van der Waals surface area contributed by atoms with Gasteiger partial charge >= 0.3 is 18.3 Å². The molecule has 1 atom stereocenters. The standard InChI is InChI=1S/C26H34F4N6O3/c1-15(2)32-22-31-12-17-9-10-36(14-21(17)33-22)23(37)34-20(13-35(6)24(38)39-25(3,4)5)16-7-8-18(19(27)11-16)26(28,29)30/h7-8,11-12,15,20H,9-10,13-14H2,1-6H3,(H,34,37)(H,31,32,33). The third-order valence-corrected chi connectivity index (χ3v) is 5.81. The molecule has 1 aliphatic heterocycles. The Bertz CT molecular complexity index is 1200. The Morgan fingerprint density at radius 2 is 1.90 bits per heavy atom. The Balaban J connectivity index is 1.83. The SMILES string of the molecule is CC(C)Nc1ncc2c(n1)CN(C(=O)NC(CN(C)C(=O)OC(C)(C)C)c1ccc(C(F)(F)F)c(F)c1)CC2. The average Bonchev–Trinajstić information content (AvgIpc) is 2.80. The summed E-state index contributed by atoms with van der Waals surface area (Å²) in [6.07, 6.45) is -3.36. The number of hydrogen-bond donors (Lipinski definition) is 2. The lowest BCUT2D eigenvalue weighted by Gasteiger charge is -2.32. The number of alkyl halides is 3. The van der Waals surface area contributed by atoms with E-state index in [0.29, 0.717) is 30.7 Å². The van der Waals surface area contributed by atoms with Crippen LogP contribution >= 0.6 is 0 Å². The number of aromatic nitrogens is 2. The van der Waals surface area contributed by atoms with Crippen LogP contribution < -0.4 is 10.6 Å². The molecule has 13 heteroatoms. The number of nitrogens with one attached hydrogen (secondary N) is 2. The number of carbonyl (C=O) groups excluding carboxylic acids is 2. The van der Waals surface area contributed by atoms with Gasteiger partial charge in [-0.05, 0) is 64.3 Å². The van der Waals surface area contributed by atoms with E-state index in [1.807, 2.05) is 13.8 Å². The van der Waals surface area contributed by atoms with Gasteiger partial charge in [0.05, 0.1) is 23.8 Å². The van der Waals surface area contributed by atoms with Gasteiger partial charge in [0.1, 0.15) is 11.4 Å². The summed E-state index contributed by atoms with van der Waals surface area (Å²) in [6, 6.07) is 0.964. The van der Waals surface area contributed by atoms with E-state index in [2.05, 4.69) is 20.6 Å². The van der Waals surface area contributed by atoms with E-state index < -0.39 is 41.3 Å². The highest BCUT2D eigenvalue weighted by Gasteiger charge is 2.35. The molecule has 3 rings (SSSR count).